The number of hydrogen-bond donors (Lipinski definition) is 1. The first-order valence-corrected chi connectivity index (χ1v) is 6.34. The van der Waals surface area contributed by atoms with Crippen LogP contribution in [0.2, 0.25) is 0 Å². The van der Waals surface area contributed by atoms with Gasteiger partial charge in [0.2, 0.25) is 0 Å². The van der Waals surface area contributed by atoms with E-state index in [1.165, 1.54) is 17.8 Å². The van der Waals surface area contributed by atoms with Gasteiger partial charge in [-0.3, -0.25) is 4.98 Å². The van der Waals surface area contributed by atoms with E-state index in [0.717, 1.165) is 5.56 Å². The third kappa shape index (κ3) is 3.18. The fraction of sp³-hybridized carbons (Fsp3) is 0.312. The summed E-state index contributed by atoms with van der Waals surface area (Å²) in [6.07, 6.45) is 2.78. The van der Waals surface area contributed by atoms with E-state index in [4.69, 9.17) is 5.73 Å². The van der Waals surface area contributed by atoms with Crippen LogP contribution >= 0.6 is 0 Å². The van der Waals surface area contributed by atoms with E-state index < -0.39 is 0 Å². The van der Waals surface area contributed by atoms with Gasteiger partial charge < -0.3 is 5.73 Å². The van der Waals surface area contributed by atoms with Gasteiger partial charge >= 0.3 is 0 Å². The second kappa shape index (κ2) is 5.10. The third-order valence-corrected chi connectivity index (χ3v) is 3.22. The first kappa shape index (κ1) is 13.7. The Morgan fingerprint density at radius 1 is 1.05 bits per heavy atom. The molecular weight excluding hydrogens is 239 g/mol. The second-order valence-corrected chi connectivity index (χ2v) is 5.79. The van der Waals surface area contributed by atoms with Crippen molar-refractivity contribution in [2.45, 2.75) is 32.2 Å². The van der Waals surface area contributed by atoms with Gasteiger partial charge in [-0.1, -0.05) is 45.0 Å². The number of hydrogen-bond acceptors (Lipinski definition) is 2. The molecule has 0 fully saturated rings. The minimum Gasteiger partial charge on any atom is -0.320 e. The van der Waals surface area contributed by atoms with Crippen LogP contribution in [0.4, 0.5) is 4.39 Å². The number of halogens is 1. The predicted octanol–water partition coefficient (Wildman–Crippen LogP) is 3.57. The number of nitrogens with zero attached hydrogens (tertiary/aromatic N) is 1. The molecule has 2 nitrogen and oxygen atoms in total. The molecule has 0 saturated carbocycles. The van der Waals surface area contributed by atoms with Crippen molar-refractivity contribution >= 4 is 0 Å². The first-order valence-electron chi connectivity index (χ1n) is 6.34. The summed E-state index contributed by atoms with van der Waals surface area (Å²) in [5.74, 6) is -0.362. The van der Waals surface area contributed by atoms with E-state index in [0.29, 0.717) is 5.56 Å². The van der Waals surface area contributed by atoms with Gasteiger partial charge in [0.15, 0.2) is 0 Å². The summed E-state index contributed by atoms with van der Waals surface area (Å²) in [5.41, 5.74) is 9.15. The summed E-state index contributed by atoms with van der Waals surface area (Å²) < 4.78 is 13.1. The average Bonchev–Trinajstić information content (AvgIpc) is 2.37. The highest BCUT2D eigenvalue weighted by molar-refractivity contribution is 5.34. The van der Waals surface area contributed by atoms with Crippen LogP contribution in [-0.2, 0) is 5.41 Å². The van der Waals surface area contributed by atoms with E-state index in [1.54, 1.807) is 6.20 Å². The Hall–Kier alpha value is -1.74. The highest BCUT2D eigenvalue weighted by atomic mass is 19.1. The minimum absolute atomic E-state index is 0.114. The normalized spacial score (nSPS) is 13.3. The number of nitrogens with two attached hydrogens (primary N) is 1. The molecule has 0 bridgehead atoms. The highest BCUT2D eigenvalue weighted by Crippen LogP contribution is 2.25. The van der Waals surface area contributed by atoms with Crippen molar-refractivity contribution in [3.05, 3.63) is 65.2 Å². The van der Waals surface area contributed by atoms with Crippen LogP contribution in [0.15, 0.2) is 42.7 Å². The summed E-state index contributed by atoms with van der Waals surface area (Å²) in [6.45, 7) is 6.50. The highest BCUT2D eigenvalue weighted by Gasteiger charge is 2.15. The van der Waals surface area contributed by atoms with Gasteiger partial charge in [0.05, 0.1) is 12.2 Å². The summed E-state index contributed by atoms with van der Waals surface area (Å²) in [6, 6.07) is 9.21. The average molecular weight is 258 g/mol. The van der Waals surface area contributed by atoms with Crippen molar-refractivity contribution in [1.29, 1.82) is 0 Å². The molecule has 3 heteroatoms. The molecular formula is C16H19FN2. The maximum Gasteiger partial charge on any atom is 0.141 e. The van der Waals surface area contributed by atoms with Gasteiger partial charge in [-0.15, -0.1) is 0 Å². The minimum atomic E-state index is -0.362. The number of aromatic nitrogens is 1. The SMILES string of the molecule is CC(C)(C)c1ccc(C(N)c2cncc(F)c2)cc1. The van der Waals surface area contributed by atoms with Crippen LogP contribution < -0.4 is 5.73 Å². The van der Waals surface area contributed by atoms with Gasteiger partial charge in [-0.05, 0) is 28.2 Å². The van der Waals surface area contributed by atoms with Gasteiger partial charge in [-0.25, -0.2) is 4.39 Å². The molecule has 1 aromatic carbocycles. The molecule has 2 N–H and O–H groups in total. The Morgan fingerprint density at radius 3 is 2.21 bits per heavy atom. The van der Waals surface area contributed by atoms with Gasteiger partial charge in [-0.2, -0.15) is 0 Å². The molecule has 0 aliphatic carbocycles. The van der Waals surface area contributed by atoms with E-state index in [9.17, 15) is 4.39 Å². The van der Waals surface area contributed by atoms with E-state index in [2.05, 4.69) is 37.9 Å². The molecule has 2 aromatic rings. The lowest BCUT2D eigenvalue weighted by atomic mass is 9.86. The van der Waals surface area contributed by atoms with Crippen LogP contribution in [0.1, 0.15) is 43.5 Å². The topological polar surface area (TPSA) is 38.9 Å². The Kier molecular flexibility index (Phi) is 3.67. The van der Waals surface area contributed by atoms with Gasteiger partial charge in [0.1, 0.15) is 5.82 Å². The van der Waals surface area contributed by atoms with Crippen molar-refractivity contribution < 1.29 is 4.39 Å². The molecule has 19 heavy (non-hydrogen) atoms. The fourth-order valence-electron chi connectivity index (χ4n) is 1.98. The van der Waals surface area contributed by atoms with Crippen molar-refractivity contribution in [2.75, 3.05) is 0 Å². The molecule has 1 atom stereocenters. The van der Waals surface area contributed by atoms with Crippen LogP contribution in [0, 0.1) is 5.82 Å². The summed E-state index contributed by atoms with van der Waals surface area (Å²) in [5, 5.41) is 0. The maximum absolute atomic E-state index is 13.1. The molecule has 1 heterocycles. The summed E-state index contributed by atoms with van der Waals surface area (Å²) >= 11 is 0. The van der Waals surface area contributed by atoms with Gasteiger partial charge in [0, 0.05) is 6.20 Å². The zero-order chi connectivity index (χ0) is 14.0. The third-order valence-electron chi connectivity index (χ3n) is 3.22. The molecule has 0 amide bonds. The zero-order valence-corrected chi connectivity index (χ0v) is 11.5. The Morgan fingerprint density at radius 2 is 1.68 bits per heavy atom. The van der Waals surface area contributed by atoms with E-state index >= 15 is 0 Å². The van der Waals surface area contributed by atoms with Crippen molar-refractivity contribution in [2.24, 2.45) is 5.73 Å². The zero-order valence-electron chi connectivity index (χ0n) is 11.5. The Labute approximate surface area is 113 Å². The second-order valence-electron chi connectivity index (χ2n) is 5.79. The van der Waals surface area contributed by atoms with Crippen molar-refractivity contribution in [1.82, 2.24) is 4.98 Å². The molecule has 0 aliphatic rings. The molecule has 1 unspecified atom stereocenters. The number of rotatable bonds is 2. The largest absolute Gasteiger partial charge is 0.320 e. The Bertz CT molecular complexity index is 556. The van der Waals surface area contributed by atoms with Crippen LogP contribution in [0.25, 0.3) is 0 Å². The molecule has 0 aliphatic heterocycles. The molecule has 0 spiro atoms. The molecule has 1 aromatic heterocycles. The standard InChI is InChI=1S/C16H19FN2/c1-16(2,3)13-6-4-11(5-7-13)15(18)12-8-14(17)10-19-9-12/h4-10,15H,18H2,1-3H3. The predicted molar refractivity (Wildman–Crippen MR) is 75.4 cm³/mol. The fourth-order valence-corrected chi connectivity index (χ4v) is 1.98. The smallest absolute Gasteiger partial charge is 0.141 e. The van der Waals surface area contributed by atoms with Crippen LogP contribution in [0.3, 0.4) is 0 Å². The van der Waals surface area contributed by atoms with E-state index in [1.807, 2.05) is 12.1 Å². The lowest BCUT2D eigenvalue weighted by Gasteiger charge is -2.20. The lowest BCUT2D eigenvalue weighted by Crippen LogP contribution is -2.14. The molecule has 100 valence electrons. The molecule has 2 rings (SSSR count). The van der Waals surface area contributed by atoms with Gasteiger partial charge in [0.25, 0.3) is 0 Å². The number of pyridine rings is 1. The first-order chi connectivity index (χ1) is 8.88. The van der Waals surface area contributed by atoms with Crippen LogP contribution in [0.5, 0.6) is 0 Å². The Balaban J connectivity index is 2.27. The number of benzene rings is 1. The lowest BCUT2D eigenvalue weighted by molar-refractivity contribution is 0.589. The van der Waals surface area contributed by atoms with Crippen molar-refractivity contribution in [3.8, 4) is 0 Å². The monoisotopic (exact) mass is 258 g/mol. The van der Waals surface area contributed by atoms with E-state index in [-0.39, 0.29) is 17.3 Å². The summed E-state index contributed by atoms with van der Waals surface area (Å²) in [7, 11) is 0. The van der Waals surface area contributed by atoms with Crippen LogP contribution in [-0.4, -0.2) is 4.98 Å². The van der Waals surface area contributed by atoms with Crippen molar-refractivity contribution in [3.63, 3.8) is 0 Å². The molecule has 0 radical (unpaired) electrons. The molecule has 0 saturated heterocycles. The maximum atomic E-state index is 13.1. The quantitative estimate of drug-likeness (QED) is 0.894. The summed E-state index contributed by atoms with van der Waals surface area (Å²) in [4.78, 5) is 3.83.